The predicted octanol–water partition coefficient (Wildman–Crippen LogP) is 4.05. The summed E-state index contributed by atoms with van der Waals surface area (Å²) >= 11 is 0. The summed E-state index contributed by atoms with van der Waals surface area (Å²) in [6, 6.07) is 15.3. The zero-order chi connectivity index (χ0) is 15.1. The highest BCUT2D eigenvalue weighted by molar-refractivity contribution is 6.04. The number of ketones is 1. The summed E-state index contributed by atoms with van der Waals surface area (Å²) < 4.78 is 0. The van der Waals surface area contributed by atoms with Crippen molar-refractivity contribution in [1.82, 2.24) is 0 Å². The van der Waals surface area contributed by atoms with E-state index in [1.165, 1.54) is 12.1 Å². The summed E-state index contributed by atoms with van der Waals surface area (Å²) in [7, 11) is 0. The lowest BCUT2D eigenvalue weighted by molar-refractivity contribution is -0.385. The molecule has 0 aliphatic rings. The highest BCUT2D eigenvalue weighted by atomic mass is 16.6. The molecule has 0 bridgehead atoms. The largest absolute Gasteiger partial charge is 0.289 e. The van der Waals surface area contributed by atoms with E-state index in [4.69, 9.17) is 0 Å². The Hall–Kier alpha value is -3.01. The van der Waals surface area contributed by atoms with Crippen molar-refractivity contribution in [2.45, 2.75) is 0 Å². The minimum absolute atomic E-state index is 0.0385. The molecule has 0 aromatic heterocycles. The summed E-state index contributed by atoms with van der Waals surface area (Å²) in [5.74, 6) is -0.109. The summed E-state index contributed by atoms with van der Waals surface area (Å²) in [6.07, 6.45) is 6.22. The molecule has 2 rings (SSSR count). The second kappa shape index (κ2) is 6.96. The molecule has 104 valence electrons. The Kier molecular flexibility index (Phi) is 4.77. The fourth-order valence-corrected chi connectivity index (χ4v) is 1.80. The lowest BCUT2D eigenvalue weighted by Crippen LogP contribution is -1.92. The van der Waals surface area contributed by atoms with Gasteiger partial charge in [0.25, 0.3) is 5.69 Å². The van der Waals surface area contributed by atoms with E-state index in [1.807, 2.05) is 6.07 Å². The zero-order valence-corrected chi connectivity index (χ0v) is 11.2. The standard InChI is InChI=1S/C17H13NO3/c19-17(15-10-2-1-3-11-15)13-7-5-9-14-8-4-6-12-16(14)18(20)21/h1-13H/b9-5+,13-7+. The highest BCUT2D eigenvalue weighted by Crippen LogP contribution is 2.18. The van der Waals surface area contributed by atoms with E-state index in [0.29, 0.717) is 11.1 Å². The van der Waals surface area contributed by atoms with Crippen LogP contribution in [0.2, 0.25) is 0 Å². The molecule has 2 aromatic rings. The Morgan fingerprint density at radius 3 is 2.33 bits per heavy atom. The first-order chi connectivity index (χ1) is 10.2. The molecule has 0 atom stereocenters. The van der Waals surface area contributed by atoms with Crippen LogP contribution in [0.4, 0.5) is 5.69 Å². The minimum atomic E-state index is -0.432. The molecule has 0 radical (unpaired) electrons. The summed E-state index contributed by atoms with van der Waals surface area (Å²) in [5.41, 5.74) is 1.14. The van der Waals surface area contributed by atoms with E-state index >= 15 is 0 Å². The third kappa shape index (κ3) is 3.98. The smallest absolute Gasteiger partial charge is 0.276 e. The molecule has 0 aliphatic heterocycles. The number of nitrogens with zero attached hydrogens (tertiary/aromatic N) is 1. The van der Waals surface area contributed by atoms with Gasteiger partial charge in [-0.1, -0.05) is 54.6 Å². The average molecular weight is 279 g/mol. The van der Waals surface area contributed by atoms with Crippen molar-refractivity contribution in [2.75, 3.05) is 0 Å². The maximum Gasteiger partial charge on any atom is 0.276 e. The topological polar surface area (TPSA) is 60.2 Å². The monoisotopic (exact) mass is 279 g/mol. The van der Waals surface area contributed by atoms with Gasteiger partial charge in [0.1, 0.15) is 0 Å². The summed E-state index contributed by atoms with van der Waals surface area (Å²) in [5, 5.41) is 10.8. The third-order valence-electron chi connectivity index (χ3n) is 2.83. The maximum atomic E-state index is 11.8. The summed E-state index contributed by atoms with van der Waals surface area (Å²) in [6.45, 7) is 0. The minimum Gasteiger partial charge on any atom is -0.289 e. The first-order valence-corrected chi connectivity index (χ1v) is 6.36. The number of hydrogen-bond acceptors (Lipinski definition) is 3. The molecule has 21 heavy (non-hydrogen) atoms. The normalized spacial score (nSPS) is 11.0. The van der Waals surface area contributed by atoms with Crippen LogP contribution in [0.1, 0.15) is 15.9 Å². The Bertz CT molecular complexity index is 703. The molecule has 4 heteroatoms. The van der Waals surface area contributed by atoms with Gasteiger partial charge in [-0.15, -0.1) is 0 Å². The van der Waals surface area contributed by atoms with Crippen molar-refractivity contribution < 1.29 is 9.72 Å². The predicted molar refractivity (Wildman–Crippen MR) is 82.0 cm³/mol. The molecule has 0 unspecified atom stereocenters. The number of nitro groups is 1. The second-order valence-corrected chi connectivity index (χ2v) is 4.26. The second-order valence-electron chi connectivity index (χ2n) is 4.26. The molecule has 0 spiro atoms. The van der Waals surface area contributed by atoms with Gasteiger partial charge in [-0.05, 0) is 18.2 Å². The van der Waals surface area contributed by atoms with E-state index < -0.39 is 4.92 Å². The zero-order valence-electron chi connectivity index (χ0n) is 11.2. The Balaban J connectivity index is 2.08. The number of para-hydroxylation sites is 1. The molecular formula is C17H13NO3. The average Bonchev–Trinajstić information content (AvgIpc) is 2.52. The van der Waals surface area contributed by atoms with Crippen LogP contribution in [-0.4, -0.2) is 10.7 Å². The molecule has 0 aliphatic carbocycles. The number of allylic oxidation sites excluding steroid dienone is 3. The van der Waals surface area contributed by atoms with Crippen molar-refractivity contribution in [3.05, 3.63) is 94.1 Å². The molecule has 0 saturated heterocycles. The van der Waals surface area contributed by atoms with Crippen LogP contribution in [0.3, 0.4) is 0 Å². The van der Waals surface area contributed by atoms with Crippen LogP contribution >= 0.6 is 0 Å². The first kappa shape index (κ1) is 14.4. The number of benzene rings is 2. The van der Waals surface area contributed by atoms with Crippen LogP contribution < -0.4 is 0 Å². The van der Waals surface area contributed by atoms with Crippen LogP contribution in [0.5, 0.6) is 0 Å². The van der Waals surface area contributed by atoms with Crippen molar-refractivity contribution in [3.8, 4) is 0 Å². The Labute approximate surface area is 122 Å². The van der Waals surface area contributed by atoms with Crippen LogP contribution in [0.15, 0.2) is 72.8 Å². The third-order valence-corrected chi connectivity index (χ3v) is 2.83. The molecule has 0 amide bonds. The van der Waals surface area contributed by atoms with E-state index in [2.05, 4.69) is 0 Å². The Morgan fingerprint density at radius 1 is 0.952 bits per heavy atom. The van der Waals surface area contributed by atoms with Gasteiger partial charge in [-0.25, -0.2) is 0 Å². The van der Waals surface area contributed by atoms with E-state index in [-0.39, 0.29) is 11.5 Å². The van der Waals surface area contributed by atoms with Gasteiger partial charge in [0.2, 0.25) is 0 Å². The van der Waals surface area contributed by atoms with Crippen molar-refractivity contribution in [1.29, 1.82) is 0 Å². The van der Waals surface area contributed by atoms with Gasteiger partial charge in [-0.2, -0.15) is 0 Å². The molecule has 0 N–H and O–H groups in total. The van der Waals surface area contributed by atoms with E-state index in [1.54, 1.807) is 60.7 Å². The highest BCUT2D eigenvalue weighted by Gasteiger charge is 2.08. The number of carbonyl (C=O) groups excluding carboxylic acids is 1. The van der Waals surface area contributed by atoms with Crippen molar-refractivity contribution >= 4 is 17.5 Å². The lowest BCUT2D eigenvalue weighted by atomic mass is 10.1. The van der Waals surface area contributed by atoms with Crippen molar-refractivity contribution in [3.63, 3.8) is 0 Å². The molecule has 0 saturated carbocycles. The van der Waals surface area contributed by atoms with Crippen LogP contribution in [-0.2, 0) is 0 Å². The number of hydrogen-bond donors (Lipinski definition) is 0. The first-order valence-electron chi connectivity index (χ1n) is 6.36. The van der Waals surface area contributed by atoms with Crippen molar-refractivity contribution in [2.24, 2.45) is 0 Å². The SMILES string of the molecule is O=C(/C=C/C=C/c1ccccc1[N+](=O)[O-])c1ccccc1. The van der Waals surface area contributed by atoms with Crippen LogP contribution in [0, 0.1) is 10.1 Å². The number of rotatable bonds is 5. The van der Waals surface area contributed by atoms with Gasteiger partial charge in [0.05, 0.1) is 10.5 Å². The number of nitro benzene ring substituents is 1. The maximum absolute atomic E-state index is 11.8. The lowest BCUT2D eigenvalue weighted by Gasteiger charge is -1.95. The fourth-order valence-electron chi connectivity index (χ4n) is 1.80. The Morgan fingerprint density at radius 2 is 1.62 bits per heavy atom. The van der Waals surface area contributed by atoms with Gasteiger partial charge >= 0.3 is 0 Å². The molecule has 4 nitrogen and oxygen atoms in total. The number of carbonyl (C=O) groups is 1. The van der Waals surface area contributed by atoms with Gasteiger partial charge in [-0.3, -0.25) is 14.9 Å². The fraction of sp³-hybridized carbons (Fsp3) is 0. The summed E-state index contributed by atoms with van der Waals surface area (Å²) in [4.78, 5) is 22.2. The van der Waals surface area contributed by atoms with Crippen LogP contribution in [0.25, 0.3) is 6.08 Å². The van der Waals surface area contributed by atoms with Gasteiger partial charge < -0.3 is 0 Å². The van der Waals surface area contributed by atoms with E-state index in [0.717, 1.165) is 0 Å². The molecular weight excluding hydrogens is 266 g/mol. The quantitative estimate of drug-likeness (QED) is 0.273. The molecule has 2 aromatic carbocycles. The van der Waals surface area contributed by atoms with Gasteiger partial charge in [0.15, 0.2) is 5.78 Å². The van der Waals surface area contributed by atoms with E-state index in [9.17, 15) is 14.9 Å². The van der Waals surface area contributed by atoms with Gasteiger partial charge in [0, 0.05) is 11.6 Å². The molecule has 0 fully saturated rings. The molecule has 0 heterocycles.